The lowest BCUT2D eigenvalue weighted by atomic mass is 10.1. The molecule has 3 heteroatoms. The molecule has 2 aromatic rings. The Hall–Kier alpha value is -1.67. The molecule has 0 fully saturated rings. The summed E-state index contributed by atoms with van der Waals surface area (Å²) in [4.78, 5) is 2.18. The van der Waals surface area contributed by atoms with Crippen LogP contribution in [0.1, 0.15) is 11.1 Å². The number of hydrogen-bond donors (Lipinski definition) is 0. The van der Waals surface area contributed by atoms with Gasteiger partial charge >= 0.3 is 0 Å². The minimum atomic E-state index is 0.566. The van der Waals surface area contributed by atoms with Crippen LogP contribution in [0.25, 0.3) is 0 Å². The molecular formula is C15H14ClNO. The van der Waals surface area contributed by atoms with E-state index in [0.717, 1.165) is 22.9 Å². The number of rotatable bonds is 1. The van der Waals surface area contributed by atoms with E-state index in [2.05, 4.69) is 36.1 Å². The van der Waals surface area contributed by atoms with Crippen molar-refractivity contribution in [3.63, 3.8) is 0 Å². The van der Waals surface area contributed by atoms with Gasteiger partial charge in [0.25, 0.3) is 0 Å². The molecule has 0 bridgehead atoms. The molecule has 18 heavy (non-hydrogen) atoms. The highest BCUT2D eigenvalue weighted by atomic mass is 35.5. The van der Waals surface area contributed by atoms with Crippen molar-refractivity contribution < 1.29 is 4.74 Å². The molecule has 2 aromatic carbocycles. The van der Waals surface area contributed by atoms with Crippen LogP contribution in [-0.2, 0) is 6.54 Å². The van der Waals surface area contributed by atoms with Crippen LogP contribution in [-0.4, -0.2) is 6.73 Å². The van der Waals surface area contributed by atoms with Gasteiger partial charge in [-0.3, -0.25) is 0 Å². The summed E-state index contributed by atoms with van der Waals surface area (Å²) in [5, 5.41) is 0.768. The predicted molar refractivity (Wildman–Crippen MR) is 74.3 cm³/mol. The van der Waals surface area contributed by atoms with E-state index < -0.39 is 0 Å². The monoisotopic (exact) mass is 259 g/mol. The van der Waals surface area contributed by atoms with Crippen LogP contribution in [0.4, 0.5) is 5.69 Å². The van der Waals surface area contributed by atoms with Gasteiger partial charge in [0.15, 0.2) is 6.73 Å². The maximum atomic E-state index is 6.22. The summed E-state index contributed by atoms with van der Waals surface area (Å²) in [5.41, 5.74) is 3.48. The number of nitrogens with zero attached hydrogens (tertiary/aromatic N) is 1. The van der Waals surface area contributed by atoms with E-state index in [0.29, 0.717) is 6.73 Å². The second-order valence-electron chi connectivity index (χ2n) is 4.53. The minimum Gasteiger partial charge on any atom is -0.473 e. The lowest BCUT2D eigenvalue weighted by Gasteiger charge is -2.31. The third kappa shape index (κ3) is 2.04. The van der Waals surface area contributed by atoms with Gasteiger partial charge in [-0.05, 0) is 36.8 Å². The number of aryl methyl sites for hydroxylation is 1. The topological polar surface area (TPSA) is 12.5 Å². The number of hydrogen-bond acceptors (Lipinski definition) is 2. The maximum absolute atomic E-state index is 6.22. The second kappa shape index (κ2) is 4.54. The molecule has 0 radical (unpaired) electrons. The van der Waals surface area contributed by atoms with Crippen molar-refractivity contribution in [1.82, 2.24) is 0 Å². The molecule has 2 nitrogen and oxygen atoms in total. The summed E-state index contributed by atoms with van der Waals surface area (Å²) >= 11 is 6.22. The SMILES string of the molecule is Cc1cccc(N2COc3cccc(Cl)c3C2)c1. The fraction of sp³-hybridized carbons (Fsp3) is 0.200. The van der Waals surface area contributed by atoms with E-state index in [1.54, 1.807) is 0 Å². The van der Waals surface area contributed by atoms with Crippen LogP contribution in [0.2, 0.25) is 5.02 Å². The highest BCUT2D eigenvalue weighted by Gasteiger charge is 2.19. The Morgan fingerprint density at radius 3 is 2.83 bits per heavy atom. The Labute approximate surface area is 112 Å². The lowest BCUT2D eigenvalue weighted by Crippen LogP contribution is -2.32. The molecular weight excluding hydrogens is 246 g/mol. The quantitative estimate of drug-likeness (QED) is 0.767. The van der Waals surface area contributed by atoms with Gasteiger partial charge in [-0.15, -0.1) is 0 Å². The summed E-state index contributed by atoms with van der Waals surface area (Å²) < 4.78 is 5.75. The fourth-order valence-electron chi connectivity index (χ4n) is 2.20. The van der Waals surface area contributed by atoms with E-state index >= 15 is 0 Å². The van der Waals surface area contributed by atoms with Crippen molar-refractivity contribution in [3.05, 3.63) is 58.6 Å². The van der Waals surface area contributed by atoms with Gasteiger partial charge in [0.1, 0.15) is 5.75 Å². The lowest BCUT2D eigenvalue weighted by molar-refractivity contribution is 0.289. The van der Waals surface area contributed by atoms with Crippen molar-refractivity contribution in [2.75, 3.05) is 11.6 Å². The van der Waals surface area contributed by atoms with Gasteiger partial charge in [0.2, 0.25) is 0 Å². The standard InChI is InChI=1S/C15H14ClNO/c1-11-4-2-5-12(8-11)17-9-13-14(16)6-3-7-15(13)18-10-17/h2-8H,9-10H2,1H3. The van der Waals surface area contributed by atoms with Crippen LogP contribution >= 0.6 is 11.6 Å². The van der Waals surface area contributed by atoms with Gasteiger partial charge in [0, 0.05) is 16.3 Å². The van der Waals surface area contributed by atoms with E-state index in [9.17, 15) is 0 Å². The molecule has 1 aliphatic heterocycles. The summed E-state index contributed by atoms with van der Waals surface area (Å²) in [6.45, 7) is 3.45. The average molecular weight is 260 g/mol. The van der Waals surface area contributed by atoms with Crippen molar-refractivity contribution in [2.24, 2.45) is 0 Å². The smallest absolute Gasteiger partial charge is 0.161 e. The fourth-order valence-corrected chi connectivity index (χ4v) is 2.43. The molecule has 1 aliphatic rings. The highest BCUT2D eigenvalue weighted by Crippen LogP contribution is 2.33. The third-order valence-corrected chi connectivity index (χ3v) is 3.52. The zero-order chi connectivity index (χ0) is 12.5. The van der Waals surface area contributed by atoms with E-state index in [1.807, 2.05) is 18.2 Å². The van der Waals surface area contributed by atoms with Crippen molar-refractivity contribution in [3.8, 4) is 5.75 Å². The molecule has 1 heterocycles. The Kier molecular flexibility index (Phi) is 2.88. The normalized spacial score (nSPS) is 14.0. The van der Waals surface area contributed by atoms with E-state index in [4.69, 9.17) is 16.3 Å². The van der Waals surface area contributed by atoms with Gasteiger partial charge < -0.3 is 9.64 Å². The molecule has 0 amide bonds. The molecule has 0 saturated heterocycles. The Morgan fingerprint density at radius 1 is 1.17 bits per heavy atom. The van der Waals surface area contributed by atoms with Crippen LogP contribution < -0.4 is 9.64 Å². The molecule has 0 N–H and O–H groups in total. The van der Waals surface area contributed by atoms with E-state index in [-0.39, 0.29) is 0 Å². The highest BCUT2D eigenvalue weighted by molar-refractivity contribution is 6.31. The molecule has 92 valence electrons. The maximum Gasteiger partial charge on any atom is 0.161 e. The minimum absolute atomic E-state index is 0.566. The molecule has 0 saturated carbocycles. The number of benzene rings is 2. The first-order chi connectivity index (χ1) is 8.74. The molecule has 0 unspecified atom stereocenters. The largest absolute Gasteiger partial charge is 0.473 e. The average Bonchev–Trinajstić information content (AvgIpc) is 2.39. The Bertz CT molecular complexity index is 582. The van der Waals surface area contributed by atoms with E-state index in [1.165, 1.54) is 11.3 Å². The first kappa shape index (κ1) is 11.4. The predicted octanol–water partition coefficient (Wildman–Crippen LogP) is 4.00. The molecule has 0 spiro atoms. The first-order valence-corrected chi connectivity index (χ1v) is 6.33. The first-order valence-electron chi connectivity index (χ1n) is 5.96. The molecule has 3 rings (SSSR count). The Balaban J connectivity index is 1.93. The van der Waals surface area contributed by atoms with Crippen molar-refractivity contribution >= 4 is 17.3 Å². The third-order valence-electron chi connectivity index (χ3n) is 3.17. The van der Waals surface area contributed by atoms with Crippen LogP contribution in [0.3, 0.4) is 0 Å². The van der Waals surface area contributed by atoms with Crippen molar-refractivity contribution in [2.45, 2.75) is 13.5 Å². The second-order valence-corrected chi connectivity index (χ2v) is 4.93. The van der Waals surface area contributed by atoms with Crippen molar-refractivity contribution in [1.29, 1.82) is 0 Å². The van der Waals surface area contributed by atoms with Gasteiger partial charge in [-0.25, -0.2) is 0 Å². The van der Waals surface area contributed by atoms with Gasteiger partial charge in [-0.2, -0.15) is 0 Å². The summed E-state index contributed by atoms with van der Waals surface area (Å²) in [6.07, 6.45) is 0. The molecule has 0 atom stereocenters. The van der Waals surface area contributed by atoms with Crippen LogP contribution in [0.5, 0.6) is 5.75 Å². The van der Waals surface area contributed by atoms with Crippen LogP contribution in [0, 0.1) is 6.92 Å². The van der Waals surface area contributed by atoms with Gasteiger partial charge in [-0.1, -0.05) is 29.8 Å². The van der Waals surface area contributed by atoms with Crippen LogP contribution in [0.15, 0.2) is 42.5 Å². The summed E-state index contributed by atoms with van der Waals surface area (Å²) in [5.74, 6) is 0.895. The molecule has 0 aliphatic carbocycles. The van der Waals surface area contributed by atoms with Gasteiger partial charge in [0.05, 0.1) is 6.54 Å². The number of anilines is 1. The zero-order valence-electron chi connectivity index (χ0n) is 10.2. The molecule has 0 aromatic heterocycles. The number of fused-ring (bicyclic) bond motifs is 1. The number of ether oxygens (including phenoxy) is 1. The zero-order valence-corrected chi connectivity index (χ0v) is 10.9. The summed E-state index contributed by atoms with van der Waals surface area (Å²) in [7, 11) is 0. The summed E-state index contributed by atoms with van der Waals surface area (Å²) in [6, 6.07) is 14.2. The number of halogens is 1. The Morgan fingerprint density at radius 2 is 2.00 bits per heavy atom.